The van der Waals surface area contributed by atoms with Gasteiger partial charge < -0.3 is 31.1 Å². The number of carbonyl (C=O) groups excluding carboxylic acids is 2. The molecule has 8 heteroatoms. The third-order valence-electron chi connectivity index (χ3n) is 3.78. The zero-order valence-electron chi connectivity index (χ0n) is 12.6. The molecule has 0 aromatic rings. The molecule has 2 aliphatic heterocycles. The molecule has 0 saturated heterocycles. The van der Waals surface area contributed by atoms with Gasteiger partial charge in [-0.05, 0) is 13.8 Å². The lowest BCUT2D eigenvalue weighted by molar-refractivity contribution is -0.118. The van der Waals surface area contributed by atoms with Gasteiger partial charge in [0.1, 0.15) is 11.5 Å². The van der Waals surface area contributed by atoms with Crippen LogP contribution in [0.15, 0.2) is 46.2 Å². The Morgan fingerprint density at radius 1 is 0.957 bits per heavy atom. The molecule has 0 spiro atoms. The van der Waals surface area contributed by atoms with E-state index in [0.717, 1.165) is 0 Å². The summed E-state index contributed by atoms with van der Waals surface area (Å²) in [4.78, 5) is 24.2. The maximum Gasteiger partial charge on any atom is 0.256 e. The molecule has 23 heavy (non-hydrogen) atoms. The molecule has 6 N–H and O–H groups in total. The van der Waals surface area contributed by atoms with Crippen molar-refractivity contribution in [3.05, 3.63) is 46.2 Å². The number of rotatable bonds is 4. The van der Waals surface area contributed by atoms with Crippen molar-refractivity contribution in [2.45, 2.75) is 20.0 Å². The van der Waals surface area contributed by atoms with Crippen LogP contribution in [0.5, 0.6) is 0 Å². The first-order valence-corrected chi connectivity index (χ1v) is 6.98. The van der Waals surface area contributed by atoms with E-state index in [1.54, 1.807) is 13.8 Å². The summed E-state index contributed by atoms with van der Waals surface area (Å²) >= 11 is 0. The van der Waals surface area contributed by atoms with Crippen molar-refractivity contribution in [1.29, 1.82) is 0 Å². The molecule has 0 unspecified atom stereocenters. The number of aliphatic hydroxyl groups is 4. The van der Waals surface area contributed by atoms with Gasteiger partial charge in [-0.2, -0.15) is 0 Å². The lowest BCUT2D eigenvalue weighted by Gasteiger charge is -2.21. The Balaban J connectivity index is 2.65. The summed E-state index contributed by atoms with van der Waals surface area (Å²) < 4.78 is 0. The van der Waals surface area contributed by atoms with Gasteiger partial charge in [-0.3, -0.25) is 9.59 Å². The van der Waals surface area contributed by atoms with Crippen molar-refractivity contribution in [3.8, 4) is 0 Å². The van der Waals surface area contributed by atoms with Gasteiger partial charge in [0.05, 0.1) is 41.2 Å². The minimum absolute atomic E-state index is 0.130. The second-order valence-corrected chi connectivity index (χ2v) is 5.07. The Hall–Kier alpha value is -2.58. The van der Waals surface area contributed by atoms with Crippen molar-refractivity contribution in [3.63, 3.8) is 0 Å². The number of carbonyl (C=O) groups is 2. The van der Waals surface area contributed by atoms with Gasteiger partial charge >= 0.3 is 0 Å². The van der Waals surface area contributed by atoms with E-state index >= 15 is 0 Å². The molecule has 1 atom stereocenters. The standard InChI is InChI=1S/C15H18N2O6/c1-3-6-12(20)10(14(22)16-6)9(8(19)5-18)11-13(21)7(4-2)17-15(11)23/h3-4,8-9,18-21H,5H2,1-2H3,(H,16,22)(H,17,23)/b6-3-,7-4-/t8-/m1/s1. The Morgan fingerprint density at radius 2 is 1.35 bits per heavy atom. The Bertz CT molecular complexity index is 632. The van der Waals surface area contributed by atoms with Crippen molar-refractivity contribution in [2.75, 3.05) is 6.61 Å². The number of allylic oxidation sites excluding steroid dienone is 2. The van der Waals surface area contributed by atoms with Gasteiger partial charge in [-0.15, -0.1) is 0 Å². The minimum Gasteiger partial charge on any atom is -0.505 e. The summed E-state index contributed by atoms with van der Waals surface area (Å²) in [5.74, 6) is -3.67. The van der Waals surface area contributed by atoms with Gasteiger partial charge in [-0.1, -0.05) is 12.2 Å². The predicted octanol–water partition coefficient (Wildman–Crippen LogP) is -0.353. The summed E-state index contributed by atoms with van der Waals surface area (Å²) in [5.41, 5.74) is -0.308. The molecular formula is C15H18N2O6. The van der Waals surface area contributed by atoms with Crippen LogP contribution in [0.4, 0.5) is 0 Å². The largest absolute Gasteiger partial charge is 0.505 e. The highest BCUT2D eigenvalue weighted by Gasteiger charge is 2.44. The van der Waals surface area contributed by atoms with Crippen molar-refractivity contribution in [2.24, 2.45) is 5.92 Å². The first-order chi connectivity index (χ1) is 10.9. The first kappa shape index (κ1) is 16.8. The average molecular weight is 322 g/mol. The molecular weight excluding hydrogens is 304 g/mol. The van der Waals surface area contributed by atoms with Crippen LogP contribution in [-0.2, 0) is 9.59 Å². The summed E-state index contributed by atoms with van der Waals surface area (Å²) in [6.07, 6.45) is 1.33. The fourth-order valence-corrected chi connectivity index (χ4v) is 2.63. The van der Waals surface area contributed by atoms with Gasteiger partial charge in [-0.25, -0.2) is 0 Å². The molecule has 124 valence electrons. The van der Waals surface area contributed by atoms with Crippen LogP contribution < -0.4 is 10.6 Å². The quantitative estimate of drug-likeness (QED) is 0.418. The van der Waals surface area contributed by atoms with E-state index in [-0.39, 0.29) is 22.5 Å². The number of aliphatic hydroxyl groups excluding tert-OH is 4. The van der Waals surface area contributed by atoms with E-state index in [0.29, 0.717) is 0 Å². The van der Waals surface area contributed by atoms with Gasteiger partial charge in [0.25, 0.3) is 11.8 Å². The fraction of sp³-hybridized carbons (Fsp3) is 0.333. The number of hydrogen-bond donors (Lipinski definition) is 6. The van der Waals surface area contributed by atoms with Crippen LogP contribution in [0, 0.1) is 5.92 Å². The molecule has 0 bridgehead atoms. The molecule has 0 aliphatic carbocycles. The topological polar surface area (TPSA) is 139 Å². The summed E-state index contributed by atoms with van der Waals surface area (Å²) in [7, 11) is 0. The Kier molecular flexibility index (Phi) is 4.57. The second-order valence-electron chi connectivity index (χ2n) is 5.07. The molecule has 2 amide bonds. The smallest absolute Gasteiger partial charge is 0.256 e. The number of amides is 2. The van der Waals surface area contributed by atoms with Crippen molar-refractivity contribution >= 4 is 11.8 Å². The zero-order chi connectivity index (χ0) is 17.3. The zero-order valence-corrected chi connectivity index (χ0v) is 12.6. The summed E-state index contributed by atoms with van der Waals surface area (Å²) in [6, 6.07) is 0. The van der Waals surface area contributed by atoms with Crippen molar-refractivity contribution < 1.29 is 30.0 Å². The average Bonchev–Trinajstić information content (AvgIpc) is 2.98. The van der Waals surface area contributed by atoms with E-state index in [4.69, 9.17) is 0 Å². The molecule has 0 fully saturated rings. The molecule has 0 aromatic heterocycles. The van der Waals surface area contributed by atoms with Crippen LogP contribution in [0.2, 0.25) is 0 Å². The highest BCUT2D eigenvalue weighted by molar-refractivity contribution is 6.06. The summed E-state index contributed by atoms with van der Waals surface area (Å²) in [5, 5.41) is 44.5. The number of nitrogens with one attached hydrogen (secondary N) is 2. The van der Waals surface area contributed by atoms with Crippen LogP contribution in [0.1, 0.15) is 13.8 Å². The van der Waals surface area contributed by atoms with E-state index in [2.05, 4.69) is 10.6 Å². The molecule has 0 radical (unpaired) electrons. The highest BCUT2D eigenvalue weighted by Crippen LogP contribution is 2.36. The van der Waals surface area contributed by atoms with E-state index in [1.807, 2.05) is 0 Å². The van der Waals surface area contributed by atoms with Gasteiger partial charge in [0.15, 0.2) is 0 Å². The second kappa shape index (κ2) is 6.27. The van der Waals surface area contributed by atoms with Crippen LogP contribution in [-0.4, -0.2) is 45.0 Å². The van der Waals surface area contributed by atoms with Crippen molar-refractivity contribution in [1.82, 2.24) is 10.6 Å². The lowest BCUT2D eigenvalue weighted by Crippen LogP contribution is -2.35. The van der Waals surface area contributed by atoms with E-state index in [9.17, 15) is 30.0 Å². The summed E-state index contributed by atoms with van der Waals surface area (Å²) in [6.45, 7) is 2.40. The third kappa shape index (κ3) is 2.62. The molecule has 2 aliphatic rings. The molecule has 0 saturated carbocycles. The maximum absolute atomic E-state index is 12.1. The third-order valence-corrected chi connectivity index (χ3v) is 3.78. The van der Waals surface area contributed by atoms with E-state index < -0.39 is 42.0 Å². The Morgan fingerprint density at radius 3 is 1.61 bits per heavy atom. The SMILES string of the molecule is C/C=C1\NC(=O)C(C(C2=C(O)/C(=C/C)NC2=O)[C@H](O)CO)=C1O. The normalized spacial score (nSPS) is 24.5. The van der Waals surface area contributed by atoms with Crippen LogP contribution in [0.25, 0.3) is 0 Å². The predicted molar refractivity (Wildman–Crippen MR) is 79.7 cm³/mol. The maximum atomic E-state index is 12.1. The first-order valence-electron chi connectivity index (χ1n) is 6.98. The van der Waals surface area contributed by atoms with Gasteiger partial charge in [0, 0.05) is 0 Å². The van der Waals surface area contributed by atoms with Crippen LogP contribution >= 0.6 is 0 Å². The molecule has 8 nitrogen and oxygen atoms in total. The monoisotopic (exact) mass is 322 g/mol. The molecule has 2 heterocycles. The lowest BCUT2D eigenvalue weighted by atomic mass is 9.85. The Labute approximate surface area is 132 Å². The fourth-order valence-electron chi connectivity index (χ4n) is 2.63. The minimum atomic E-state index is -1.56. The molecule has 2 rings (SSSR count). The number of hydrogen-bond acceptors (Lipinski definition) is 6. The van der Waals surface area contributed by atoms with Crippen LogP contribution in [0.3, 0.4) is 0 Å². The van der Waals surface area contributed by atoms with Gasteiger partial charge in [0.2, 0.25) is 0 Å². The molecule has 0 aromatic carbocycles. The van der Waals surface area contributed by atoms with E-state index in [1.165, 1.54) is 12.2 Å². The highest BCUT2D eigenvalue weighted by atomic mass is 16.3.